The Hall–Kier alpha value is -1.51. The molecule has 98 valence electrons. The number of hydrogen-bond donors (Lipinski definition) is 0. The number of pyridine rings is 2. The van der Waals surface area contributed by atoms with Gasteiger partial charge in [-0.3, -0.25) is 4.98 Å². The van der Waals surface area contributed by atoms with Gasteiger partial charge in [0.25, 0.3) is 0 Å². The summed E-state index contributed by atoms with van der Waals surface area (Å²) in [5.41, 5.74) is 2.44. The molecule has 3 aromatic rings. The molecule has 3 rings (SSSR count). The van der Waals surface area contributed by atoms with Gasteiger partial charge in [-0.2, -0.15) is 0 Å². The van der Waals surface area contributed by atoms with E-state index >= 15 is 0 Å². The maximum Gasteiger partial charge on any atom is 0.0893 e. The van der Waals surface area contributed by atoms with Crippen LogP contribution in [-0.2, 0) is 18.8 Å². The molecule has 0 aliphatic heterocycles. The summed E-state index contributed by atoms with van der Waals surface area (Å²) in [7, 11) is 4.61. The summed E-state index contributed by atoms with van der Waals surface area (Å²) >= 11 is 1.61. The van der Waals surface area contributed by atoms with Crippen molar-refractivity contribution in [2.24, 2.45) is 0 Å². The van der Waals surface area contributed by atoms with Gasteiger partial charge in [0, 0.05) is 6.20 Å². The Kier molecular flexibility index (Phi) is 5.25. The van der Waals surface area contributed by atoms with Crippen LogP contribution in [0.5, 0.6) is 0 Å². The first-order valence-electron chi connectivity index (χ1n) is 5.38. The standard InChI is InChI=1S/C13H9N4.ClH.Pt/c1-2-7-14-10(4-1)11-5-3-6-12(17-11)13-15-8-9-16-13;;/h1-9H;1H;/q-1;;+2/p-1. The van der Waals surface area contributed by atoms with Gasteiger partial charge in [0.1, 0.15) is 0 Å². The van der Waals surface area contributed by atoms with E-state index in [0.717, 1.165) is 17.1 Å². The van der Waals surface area contributed by atoms with Gasteiger partial charge in [0.2, 0.25) is 0 Å². The molecule has 4 nitrogen and oxygen atoms in total. The van der Waals surface area contributed by atoms with Crippen molar-refractivity contribution in [1.29, 1.82) is 0 Å². The molecule has 0 atom stereocenters. The fourth-order valence-corrected chi connectivity index (χ4v) is 1.59. The Morgan fingerprint density at radius 1 is 0.842 bits per heavy atom. The molecule has 0 radical (unpaired) electrons. The fourth-order valence-electron chi connectivity index (χ4n) is 1.59. The van der Waals surface area contributed by atoms with Gasteiger partial charge in [0.15, 0.2) is 0 Å². The topological polar surface area (TPSA) is 52.8 Å². The van der Waals surface area contributed by atoms with Crippen molar-refractivity contribution in [3.63, 3.8) is 0 Å². The number of aromatic nitrogens is 4. The van der Waals surface area contributed by atoms with Crippen LogP contribution in [0.15, 0.2) is 55.0 Å². The van der Waals surface area contributed by atoms with Crippen molar-refractivity contribution in [2.75, 3.05) is 0 Å². The first-order valence-corrected chi connectivity index (χ1v) is 8.19. The Bertz CT molecular complexity index is 614. The summed E-state index contributed by atoms with van der Waals surface area (Å²) in [4.78, 5) is 17.0. The monoisotopic (exact) mass is 451 g/mol. The van der Waals surface area contributed by atoms with E-state index in [1.54, 1.807) is 37.4 Å². The Labute approximate surface area is 126 Å². The van der Waals surface area contributed by atoms with Gasteiger partial charge in [-0.15, -0.1) is 0 Å². The van der Waals surface area contributed by atoms with E-state index in [1.165, 1.54) is 0 Å². The van der Waals surface area contributed by atoms with Crippen molar-refractivity contribution in [3.8, 4) is 22.9 Å². The van der Waals surface area contributed by atoms with E-state index in [0.29, 0.717) is 5.82 Å². The van der Waals surface area contributed by atoms with Crippen molar-refractivity contribution >= 4 is 9.42 Å². The van der Waals surface area contributed by atoms with Crippen LogP contribution in [0.4, 0.5) is 0 Å². The van der Waals surface area contributed by atoms with Crippen LogP contribution in [-0.4, -0.2) is 15.0 Å². The smallest absolute Gasteiger partial charge is 0.0893 e. The molecule has 0 saturated carbocycles. The van der Waals surface area contributed by atoms with Gasteiger partial charge >= 0.3 is 28.2 Å². The quantitative estimate of drug-likeness (QED) is 0.601. The van der Waals surface area contributed by atoms with Crippen LogP contribution in [0.1, 0.15) is 0 Å². The third-order valence-corrected chi connectivity index (χ3v) is 2.37. The summed E-state index contributed by atoms with van der Waals surface area (Å²) in [6.45, 7) is 0. The minimum Gasteiger partial charge on any atom is -0.441 e. The van der Waals surface area contributed by atoms with Crippen LogP contribution >= 0.6 is 9.42 Å². The molecule has 0 aliphatic rings. The first kappa shape index (κ1) is 13.9. The molecular weight excluding hydrogens is 443 g/mol. The largest absolute Gasteiger partial charge is 0.441 e. The summed E-state index contributed by atoms with van der Waals surface area (Å²) in [6, 6.07) is 11.5. The molecule has 0 fully saturated rings. The van der Waals surface area contributed by atoms with Gasteiger partial charge in [-0.05, 0) is 30.1 Å². The van der Waals surface area contributed by atoms with Crippen LogP contribution in [0.25, 0.3) is 22.9 Å². The SMILES string of the molecule is [Cl][Pt+].c1ccc(-c2cccc(-c3ncc[n-]3)n2)nc1. The summed E-state index contributed by atoms with van der Waals surface area (Å²) in [6.07, 6.45) is 5.07. The van der Waals surface area contributed by atoms with Crippen molar-refractivity contribution < 1.29 is 18.8 Å². The third kappa shape index (κ3) is 3.49. The second-order valence-corrected chi connectivity index (χ2v) is 3.50. The summed E-state index contributed by atoms with van der Waals surface area (Å²) < 4.78 is 0. The van der Waals surface area contributed by atoms with E-state index in [4.69, 9.17) is 0 Å². The summed E-state index contributed by atoms with van der Waals surface area (Å²) in [5.74, 6) is 0.641. The van der Waals surface area contributed by atoms with Gasteiger partial charge in [-0.25, -0.2) is 4.98 Å². The number of halogens is 1. The fraction of sp³-hybridized carbons (Fsp3) is 0. The Morgan fingerprint density at radius 3 is 2.32 bits per heavy atom. The van der Waals surface area contributed by atoms with Crippen LogP contribution in [0, 0.1) is 0 Å². The molecule has 0 saturated heterocycles. The summed E-state index contributed by atoms with van der Waals surface area (Å²) in [5, 5.41) is 0. The third-order valence-electron chi connectivity index (χ3n) is 2.37. The predicted molar refractivity (Wildman–Crippen MR) is 69.9 cm³/mol. The first-order chi connectivity index (χ1) is 9.43. The van der Waals surface area contributed by atoms with Crippen molar-refractivity contribution in [1.82, 2.24) is 19.9 Å². The maximum atomic E-state index is 4.61. The van der Waals surface area contributed by atoms with Crippen LogP contribution in [0.2, 0.25) is 0 Å². The van der Waals surface area contributed by atoms with Crippen LogP contribution < -0.4 is 4.98 Å². The molecule has 0 aliphatic carbocycles. The molecule has 19 heavy (non-hydrogen) atoms. The van der Waals surface area contributed by atoms with Gasteiger partial charge < -0.3 is 9.97 Å². The zero-order valence-electron chi connectivity index (χ0n) is 9.68. The van der Waals surface area contributed by atoms with Crippen molar-refractivity contribution in [2.45, 2.75) is 0 Å². The molecular formula is C13H9ClN4Pt. The number of rotatable bonds is 2. The molecule has 0 N–H and O–H groups in total. The number of hydrogen-bond acceptors (Lipinski definition) is 3. The second kappa shape index (κ2) is 7.17. The molecule has 0 bridgehead atoms. The van der Waals surface area contributed by atoms with Gasteiger partial charge in [-0.1, -0.05) is 24.5 Å². The van der Waals surface area contributed by atoms with E-state index in [9.17, 15) is 0 Å². The molecule has 0 unspecified atom stereocenters. The minimum atomic E-state index is 0.641. The van der Waals surface area contributed by atoms with Crippen molar-refractivity contribution in [3.05, 3.63) is 55.0 Å². The van der Waals surface area contributed by atoms with E-state index < -0.39 is 0 Å². The zero-order valence-corrected chi connectivity index (χ0v) is 12.7. The second-order valence-electron chi connectivity index (χ2n) is 3.50. The van der Waals surface area contributed by atoms with E-state index in [-0.39, 0.29) is 0 Å². The number of imidazole rings is 1. The normalized spacial score (nSPS) is 9.63. The average molecular weight is 452 g/mol. The molecule has 0 spiro atoms. The Balaban J connectivity index is 0.000000637. The Morgan fingerprint density at radius 2 is 1.63 bits per heavy atom. The average Bonchev–Trinajstić information content (AvgIpc) is 3.05. The van der Waals surface area contributed by atoms with Gasteiger partial charge in [0.05, 0.1) is 17.1 Å². The number of nitrogens with zero attached hydrogens (tertiary/aromatic N) is 4. The molecule has 3 aromatic heterocycles. The zero-order chi connectivity index (χ0) is 13.5. The maximum absolute atomic E-state index is 4.61. The molecule has 6 heteroatoms. The van der Waals surface area contributed by atoms with Crippen LogP contribution in [0.3, 0.4) is 0 Å². The minimum absolute atomic E-state index is 0.641. The van der Waals surface area contributed by atoms with E-state index in [2.05, 4.69) is 29.4 Å². The van der Waals surface area contributed by atoms with E-state index in [1.807, 2.05) is 36.4 Å². The molecule has 0 aromatic carbocycles. The molecule has 0 amide bonds. The molecule has 3 heterocycles. The predicted octanol–water partition coefficient (Wildman–Crippen LogP) is 2.85.